The number of aliphatic carboxylic acids is 1. The summed E-state index contributed by atoms with van der Waals surface area (Å²) in [5, 5.41) is 88.1. The molecule has 0 bridgehead atoms. The van der Waals surface area contributed by atoms with Gasteiger partial charge in [-0.2, -0.15) is 0 Å². The van der Waals surface area contributed by atoms with Crippen LogP contribution in [0.3, 0.4) is 0 Å². The summed E-state index contributed by atoms with van der Waals surface area (Å²) in [6.45, 7) is -0.264. The van der Waals surface area contributed by atoms with Crippen LogP contribution in [0.2, 0.25) is 0 Å². The maximum absolute atomic E-state index is 10.3. The molecule has 0 aliphatic carbocycles. The smallest absolute Gasteiger partial charge is 0.335 e. The molecule has 10 N–H and O–H groups in total. The predicted molar refractivity (Wildman–Crippen MR) is 85.5 cm³/mol. The number of aldehydes is 1. The van der Waals surface area contributed by atoms with Crippen molar-refractivity contribution in [2.45, 2.75) is 55.8 Å². The fourth-order valence-corrected chi connectivity index (χ4v) is 1.48. The van der Waals surface area contributed by atoms with Gasteiger partial charge in [-0.25, -0.2) is 4.79 Å². The molecule has 14 nitrogen and oxygen atoms in total. The van der Waals surface area contributed by atoms with E-state index in [1.54, 1.807) is 0 Å². The van der Waals surface area contributed by atoms with Crippen molar-refractivity contribution in [2.75, 3.05) is 13.2 Å². The van der Waals surface area contributed by atoms with Gasteiger partial charge in [0, 0.05) is 6.92 Å². The van der Waals surface area contributed by atoms with Gasteiger partial charge in [0.15, 0.2) is 12.4 Å². The Morgan fingerprint density at radius 2 is 1.32 bits per heavy atom. The van der Waals surface area contributed by atoms with Gasteiger partial charge in [-0.3, -0.25) is 4.79 Å². The van der Waals surface area contributed by atoms with Gasteiger partial charge < -0.3 is 60.6 Å². The van der Waals surface area contributed by atoms with Crippen LogP contribution in [-0.2, 0) is 19.1 Å². The van der Waals surface area contributed by atoms with Gasteiger partial charge in [-0.1, -0.05) is 0 Å². The second-order valence-electron chi connectivity index (χ2n) is 5.49. The van der Waals surface area contributed by atoms with Crippen LogP contribution in [0.15, 0.2) is 0 Å². The van der Waals surface area contributed by atoms with Crippen LogP contribution in [0.5, 0.6) is 0 Å². The number of esters is 1. The normalized spacial score (nSPS) is 19.5. The van der Waals surface area contributed by atoms with Gasteiger partial charge in [0.1, 0.15) is 49.3 Å². The topological polar surface area (TPSA) is 263 Å². The van der Waals surface area contributed by atoms with Crippen LogP contribution in [0.4, 0.5) is 0 Å². The first-order valence-corrected chi connectivity index (χ1v) is 7.68. The van der Waals surface area contributed by atoms with Gasteiger partial charge in [0.25, 0.3) is 0 Å². The predicted octanol–water partition coefficient (Wildman–Crippen LogP) is -6.30. The maximum Gasteiger partial charge on any atom is 0.335 e. The summed E-state index contributed by atoms with van der Waals surface area (Å²) in [5.74, 6) is -2.39. The fourth-order valence-electron chi connectivity index (χ4n) is 1.48. The molecule has 0 aromatic carbocycles. The molecule has 0 aliphatic heterocycles. The quantitative estimate of drug-likeness (QED) is 0.110. The molecular weight excluding hydrogens is 392 g/mol. The molecule has 0 spiro atoms. The summed E-state index contributed by atoms with van der Waals surface area (Å²) in [7, 11) is 0. The lowest BCUT2D eigenvalue weighted by Gasteiger charge is -2.23. The number of aliphatic hydroxyl groups is 9. The number of carbonyl (C=O) groups excluding carboxylic acids is 2. The largest absolute Gasteiger partial charge is 0.479 e. The number of carboxylic acids is 1. The molecule has 28 heavy (non-hydrogen) atoms. The lowest BCUT2D eigenvalue weighted by atomic mass is 10.0. The highest BCUT2D eigenvalue weighted by molar-refractivity contribution is 5.72. The Hall–Kier alpha value is -1.75. The van der Waals surface area contributed by atoms with Crippen molar-refractivity contribution >= 4 is 18.2 Å². The average molecular weight is 418 g/mol. The van der Waals surface area contributed by atoms with Gasteiger partial charge in [0.2, 0.25) is 0 Å². The molecule has 0 unspecified atom stereocenters. The van der Waals surface area contributed by atoms with Crippen molar-refractivity contribution in [1.82, 2.24) is 0 Å². The molecule has 0 aromatic heterocycles. The average Bonchev–Trinajstić information content (AvgIpc) is 2.67. The van der Waals surface area contributed by atoms with Crippen molar-refractivity contribution in [3.8, 4) is 0 Å². The Balaban J connectivity index is 0. The summed E-state index contributed by atoms with van der Waals surface area (Å²) >= 11 is 0. The number of rotatable bonds is 11. The van der Waals surface area contributed by atoms with Gasteiger partial charge in [-0.15, -0.1) is 0 Å². The van der Waals surface area contributed by atoms with Gasteiger partial charge in [0.05, 0.1) is 6.61 Å². The third kappa shape index (κ3) is 10.5. The molecule has 0 saturated heterocycles. The van der Waals surface area contributed by atoms with E-state index in [0.29, 0.717) is 0 Å². The minimum atomic E-state index is -2.20. The number of hydrogen-bond acceptors (Lipinski definition) is 13. The van der Waals surface area contributed by atoms with Crippen molar-refractivity contribution < 1.29 is 70.2 Å². The second kappa shape index (κ2) is 14.3. The summed E-state index contributed by atoms with van der Waals surface area (Å²) in [6.07, 6.45) is -14.8. The first kappa shape index (κ1) is 28.5. The molecule has 8 atom stereocenters. The van der Waals surface area contributed by atoms with E-state index in [4.69, 9.17) is 46.0 Å². The Labute approximate surface area is 158 Å². The van der Waals surface area contributed by atoms with Crippen LogP contribution in [0.1, 0.15) is 6.92 Å². The van der Waals surface area contributed by atoms with E-state index in [1.807, 2.05) is 0 Å². The summed E-state index contributed by atoms with van der Waals surface area (Å²) in [4.78, 5) is 30.5. The molecule has 0 heterocycles. The van der Waals surface area contributed by atoms with E-state index in [0.717, 1.165) is 6.92 Å². The number of aliphatic hydroxyl groups excluding tert-OH is 9. The van der Waals surface area contributed by atoms with Crippen LogP contribution in [-0.4, -0.2) is 131 Å². The van der Waals surface area contributed by atoms with Crippen LogP contribution in [0, 0.1) is 0 Å². The first-order valence-electron chi connectivity index (χ1n) is 7.68. The molecule has 0 fully saturated rings. The highest BCUT2D eigenvalue weighted by atomic mass is 16.5. The molecule has 0 saturated carbocycles. The van der Waals surface area contributed by atoms with Crippen molar-refractivity contribution in [2.24, 2.45) is 0 Å². The lowest BCUT2D eigenvalue weighted by molar-refractivity contribution is -0.164. The molecule has 0 aromatic rings. The monoisotopic (exact) mass is 418 g/mol. The molecular formula is C14H26O14. The zero-order valence-corrected chi connectivity index (χ0v) is 14.7. The van der Waals surface area contributed by atoms with E-state index in [2.05, 4.69) is 4.74 Å². The first-order chi connectivity index (χ1) is 12.8. The third-order valence-corrected chi connectivity index (χ3v) is 3.20. The Morgan fingerprint density at radius 3 is 1.68 bits per heavy atom. The van der Waals surface area contributed by atoms with Crippen molar-refractivity contribution in [3.05, 3.63) is 0 Å². The van der Waals surface area contributed by atoms with Gasteiger partial charge in [-0.05, 0) is 0 Å². The number of hydrogen-bond donors (Lipinski definition) is 10. The highest BCUT2D eigenvalue weighted by Crippen LogP contribution is 2.05. The highest BCUT2D eigenvalue weighted by Gasteiger charge is 2.34. The van der Waals surface area contributed by atoms with E-state index < -0.39 is 74.0 Å². The van der Waals surface area contributed by atoms with E-state index in [9.17, 15) is 19.5 Å². The molecule has 0 radical (unpaired) electrons. The van der Waals surface area contributed by atoms with Crippen LogP contribution in [0.25, 0.3) is 0 Å². The summed E-state index contributed by atoms with van der Waals surface area (Å²) < 4.78 is 4.36. The third-order valence-electron chi connectivity index (χ3n) is 3.20. The van der Waals surface area contributed by atoms with Crippen LogP contribution >= 0.6 is 0 Å². The van der Waals surface area contributed by atoms with E-state index in [-0.39, 0.29) is 6.29 Å². The maximum atomic E-state index is 10.3. The zero-order chi connectivity index (χ0) is 22.6. The standard InChI is InChI=1S/C8H14O7.C6H12O7/c1-4(10)15-3-6(12)8(14)7(13)5(11)2-9;7-1-2(8)3(9)4(10)5(11)6(12)13/h2,5-8,11-14H,3H2,1H3;2-5,7-11H,1H2,(H,12,13)/t5-,6+,7+,8+;2-,3-,4+,5-/m01/s1. The molecule has 0 aliphatic rings. The SMILES string of the molecule is CC(=O)OC[C@@H](O)[C@@H](O)[C@H](O)[C@@H](O)C=O.O=C(O)[C@H](O)[C@@H](O)[C@H](O)[C@H](O)CO. The lowest BCUT2D eigenvalue weighted by Crippen LogP contribution is -2.48. The van der Waals surface area contributed by atoms with E-state index >= 15 is 0 Å². The Morgan fingerprint density at radius 1 is 0.857 bits per heavy atom. The molecule has 0 amide bonds. The molecule has 14 heteroatoms. The van der Waals surface area contributed by atoms with Crippen molar-refractivity contribution in [3.63, 3.8) is 0 Å². The minimum absolute atomic E-state index is 0.0203. The van der Waals surface area contributed by atoms with E-state index in [1.165, 1.54) is 0 Å². The van der Waals surface area contributed by atoms with Gasteiger partial charge >= 0.3 is 11.9 Å². The zero-order valence-electron chi connectivity index (χ0n) is 14.7. The number of carbonyl (C=O) groups is 3. The second-order valence-corrected chi connectivity index (χ2v) is 5.49. The Kier molecular flexibility index (Phi) is 14.5. The molecule has 166 valence electrons. The van der Waals surface area contributed by atoms with Crippen LogP contribution < -0.4 is 0 Å². The number of ether oxygens (including phenoxy) is 1. The summed E-state index contributed by atoms with van der Waals surface area (Å²) in [6, 6.07) is 0. The summed E-state index contributed by atoms with van der Waals surface area (Å²) in [5.41, 5.74) is 0. The molecule has 0 rings (SSSR count). The fraction of sp³-hybridized carbons (Fsp3) is 0.786. The van der Waals surface area contributed by atoms with Crippen molar-refractivity contribution in [1.29, 1.82) is 0 Å². The number of carboxylic acid groups (broad SMARTS) is 1. The Bertz CT molecular complexity index is 471. The minimum Gasteiger partial charge on any atom is -0.479 e.